The summed E-state index contributed by atoms with van der Waals surface area (Å²) in [4.78, 5) is 8.96. The van der Waals surface area contributed by atoms with Gasteiger partial charge in [-0.25, -0.2) is 4.98 Å². The lowest BCUT2D eigenvalue weighted by Gasteiger charge is -2.34. The number of rotatable bonds is 2. The highest BCUT2D eigenvalue weighted by Crippen LogP contribution is 2.27. The first-order chi connectivity index (χ1) is 7.16. The first-order valence-electron chi connectivity index (χ1n) is 5.29. The van der Waals surface area contributed by atoms with Crippen LogP contribution in [0.3, 0.4) is 0 Å². The second-order valence-corrected chi connectivity index (χ2v) is 5.23. The molecule has 0 amide bonds. The molecule has 0 bridgehead atoms. The van der Waals surface area contributed by atoms with E-state index >= 15 is 0 Å². The van der Waals surface area contributed by atoms with Crippen molar-refractivity contribution in [3.63, 3.8) is 0 Å². The molecule has 0 spiro atoms. The Bertz CT molecular complexity index is 317. The minimum atomic E-state index is 0.617. The lowest BCUT2D eigenvalue weighted by molar-refractivity contribution is 0.253. The topological polar surface area (TPSA) is 45.4 Å². The predicted octanol–water partition coefficient (Wildman–Crippen LogP) is 1.26. The second kappa shape index (κ2) is 4.37. The summed E-state index contributed by atoms with van der Waals surface area (Å²) in [5.41, 5.74) is 5.69. The number of anilines is 2. The Labute approximate surface area is 94.7 Å². The highest BCUT2D eigenvalue weighted by molar-refractivity contribution is 7.19. The van der Waals surface area contributed by atoms with E-state index in [1.165, 1.54) is 25.9 Å². The van der Waals surface area contributed by atoms with Crippen LogP contribution in [0, 0.1) is 0 Å². The molecule has 0 radical (unpaired) electrons. The Morgan fingerprint density at radius 3 is 2.73 bits per heavy atom. The van der Waals surface area contributed by atoms with Crippen LogP contribution >= 0.6 is 11.3 Å². The van der Waals surface area contributed by atoms with E-state index in [1.54, 1.807) is 17.5 Å². The summed E-state index contributed by atoms with van der Waals surface area (Å²) in [6, 6.07) is 0.617. The van der Waals surface area contributed by atoms with Crippen LogP contribution in [0.25, 0.3) is 0 Å². The molecule has 1 fully saturated rings. The number of hydrogen-bond acceptors (Lipinski definition) is 5. The quantitative estimate of drug-likeness (QED) is 0.824. The molecule has 84 valence electrons. The number of hydrogen-bond donors (Lipinski definition) is 1. The number of nitrogens with zero attached hydrogens (tertiary/aromatic N) is 3. The molecule has 1 saturated heterocycles. The number of nitrogens with two attached hydrogens (primary N) is 1. The van der Waals surface area contributed by atoms with Gasteiger partial charge in [0.2, 0.25) is 0 Å². The third-order valence-electron chi connectivity index (χ3n) is 3.05. The summed E-state index contributed by atoms with van der Waals surface area (Å²) < 4.78 is 0. The molecule has 0 aliphatic carbocycles. The largest absolute Gasteiger partial charge is 0.389 e. The highest BCUT2D eigenvalue weighted by atomic mass is 32.1. The molecule has 15 heavy (non-hydrogen) atoms. The van der Waals surface area contributed by atoms with Crippen molar-refractivity contribution in [2.45, 2.75) is 18.9 Å². The van der Waals surface area contributed by atoms with Gasteiger partial charge in [0.05, 0.1) is 6.20 Å². The Hall–Kier alpha value is -0.810. The van der Waals surface area contributed by atoms with E-state index in [1.807, 2.05) is 0 Å². The van der Waals surface area contributed by atoms with Crippen molar-refractivity contribution in [1.82, 2.24) is 9.88 Å². The van der Waals surface area contributed by atoms with E-state index in [9.17, 15) is 0 Å². The highest BCUT2D eigenvalue weighted by Gasteiger charge is 2.22. The van der Waals surface area contributed by atoms with Crippen LogP contribution in [-0.4, -0.2) is 43.1 Å². The van der Waals surface area contributed by atoms with Gasteiger partial charge in [-0.2, -0.15) is 0 Å². The summed E-state index contributed by atoms with van der Waals surface area (Å²) in [5.74, 6) is 0. The monoisotopic (exact) mass is 226 g/mol. The standard InChI is InChI=1S/C10H18N4S/c1-13-5-3-8(4-6-13)14(2)10-12-7-9(11)15-10/h7-8H,3-6,11H2,1-2H3. The molecule has 1 aromatic heterocycles. The summed E-state index contributed by atoms with van der Waals surface area (Å²) in [5, 5.41) is 1.84. The molecule has 2 heterocycles. The maximum Gasteiger partial charge on any atom is 0.187 e. The van der Waals surface area contributed by atoms with Gasteiger partial charge in [-0.1, -0.05) is 11.3 Å². The summed E-state index contributed by atoms with van der Waals surface area (Å²) in [7, 11) is 4.30. The number of thiazole rings is 1. The minimum absolute atomic E-state index is 0.617. The predicted molar refractivity (Wildman–Crippen MR) is 65.4 cm³/mol. The molecule has 0 aromatic carbocycles. The van der Waals surface area contributed by atoms with E-state index in [-0.39, 0.29) is 0 Å². The normalized spacial score (nSPS) is 19.3. The zero-order chi connectivity index (χ0) is 10.8. The average Bonchev–Trinajstić information content (AvgIpc) is 2.65. The van der Waals surface area contributed by atoms with Crippen LogP contribution in [0.15, 0.2) is 6.20 Å². The van der Waals surface area contributed by atoms with Crippen LogP contribution in [0.4, 0.5) is 10.1 Å². The average molecular weight is 226 g/mol. The van der Waals surface area contributed by atoms with E-state index < -0.39 is 0 Å². The fourth-order valence-electron chi connectivity index (χ4n) is 1.98. The molecule has 0 atom stereocenters. The van der Waals surface area contributed by atoms with E-state index in [0.717, 1.165) is 10.1 Å². The van der Waals surface area contributed by atoms with Crippen LogP contribution < -0.4 is 10.6 Å². The molecular formula is C10H18N4S. The van der Waals surface area contributed by atoms with Gasteiger partial charge in [0, 0.05) is 13.1 Å². The number of nitrogen functional groups attached to an aromatic ring is 1. The Balaban J connectivity index is 1.99. The first-order valence-corrected chi connectivity index (χ1v) is 6.11. The van der Waals surface area contributed by atoms with Crippen molar-refractivity contribution in [2.75, 3.05) is 37.8 Å². The van der Waals surface area contributed by atoms with Gasteiger partial charge in [0.1, 0.15) is 5.00 Å². The van der Waals surface area contributed by atoms with Crippen molar-refractivity contribution < 1.29 is 0 Å². The van der Waals surface area contributed by atoms with Crippen LogP contribution in [0.5, 0.6) is 0 Å². The van der Waals surface area contributed by atoms with Crippen LogP contribution in [0.2, 0.25) is 0 Å². The van der Waals surface area contributed by atoms with Gasteiger partial charge in [0.25, 0.3) is 0 Å². The molecule has 2 rings (SSSR count). The number of piperidine rings is 1. The van der Waals surface area contributed by atoms with E-state index in [2.05, 4.69) is 28.9 Å². The molecule has 1 aliphatic rings. The third kappa shape index (κ3) is 2.41. The minimum Gasteiger partial charge on any atom is -0.389 e. The van der Waals surface area contributed by atoms with E-state index in [0.29, 0.717) is 6.04 Å². The Kier molecular flexibility index (Phi) is 3.11. The van der Waals surface area contributed by atoms with Crippen LogP contribution in [-0.2, 0) is 0 Å². The number of likely N-dealkylation sites (tertiary alicyclic amines) is 1. The van der Waals surface area contributed by atoms with Crippen molar-refractivity contribution in [1.29, 1.82) is 0 Å². The van der Waals surface area contributed by atoms with Crippen molar-refractivity contribution in [3.8, 4) is 0 Å². The molecule has 0 saturated carbocycles. The van der Waals surface area contributed by atoms with Gasteiger partial charge in [0.15, 0.2) is 5.13 Å². The van der Waals surface area contributed by atoms with Gasteiger partial charge < -0.3 is 15.5 Å². The first kappa shape index (κ1) is 10.7. The maximum absolute atomic E-state index is 5.69. The van der Waals surface area contributed by atoms with Crippen molar-refractivity contribution in [2.24, 2.45) is 0 Å². The molecule has 2 N–H and O–H groups in total. The fourth-order valence-corrected chi connectivity index (χ4v) is 2.69. The van der Waals surface area contributed by atoms with E-state index in [4.69, 9.17) is 5.73 Å². The summed E-state index contributed by atoms with van der Waals surface area (Å²) in [6.07, 6.45) is 4.17. The van der Waals surface area contributed by atoms with Gasteiger partial charge in [-0.15, -0.1) is 0 Å². The summed E-state index contributed by atoms with van der Waals surface area (Å²) in [6.45, 7) is 2.35. The molecule has 5 heteroatoms. The molecule has 1 aromatic rings. The zero-order valence-corrected chi connectivity index (χ0v) is 10.1. The number of aromatic nitrogens is 1. The van der Waals surface area contributed by atoms with Crippen molar-refractivity contribution >= 4 is 21.5 Å². The molecular weight excluding hydrogens is 208 g/mol. The van der Waals surface area contributed by atoms with Gasteiger partial charge in [-0.3, -0.25) is 0 Å². The maximum atomic E-state index is 5.69. The lowest BCUT2D eigenvalue weighted by atomic mass is 10.0. The van der Waals surface area contributed by atoms with Gasteiger partial charge in [-0.05, 0) is 33.0 Å². The van der Waals surface area contributed by atoms with Gasteiger partial charge >= 0.3 is 0 Å². The van der Waals surface area contributed by atoms with Crippen LogP contribution in [0.1, 0.15) is 12.8 Å². The zero-order valence-electron chi connectivity index (χ0n) is 9.31. The fraction of sp³-hybridized carbons (Fsp3) is 0.700. The molecule has 1 aliphatic heterocycles. The molecule has 4 nitrogen and oxygen atoms in total. The van der Waals surface area contributed by atoms with Crippen molar-refractivity contribution in [3.05, 3.63) is 6.20 Å². The Morgan fingerprint density at radius 2 is 2.20 bits per heavy atom. The lowest BCUT2D eigenvalue weighted by Crippen LogP contribution is -2.41. The Morgan fingerprint density at radius 1 is 1.53 bits per heavy atom. The SMILES string of the molecule is CN1CCC(N(C)c2ncc(N)s2)CC1. The smallest absolute Gasteiger partial charge is 0.187 e. The summed E-state index contributed by atoms with van der Waals surface area (Å²) >= 11 is 1.57. The molecule has 0 unspecified atom stereocenters. The third-order valence-corrected chi connectivity index (χ3v) is 3.97. The second-order valence-electron chi connectivity index (χ2n) is 4.19.